The van der Waals surface area contributed by atoms with E-state index in [9.17, 15) is 18.0 Å². The number of ether oxygens (including phenoxy) is 2. The summed E-state index contributed by atoms with van der Waals surface area (Å²) in [4.78, 5) is 20.5. The number of rotatable bonds is 8. The highest BCUT2D eigenvalue weighted by Crippen LogP contribution is 2.57. The van der Waals surface area contributed by atoms with Crippen molar-refractivity contribution in [2.75, 3.05) is 31.0 Å². The predicted octanol–water partition coefficient (Wildman–Crippen LogP) is 6.46. The highest BCUT2D eigenvalue weighted by molar-refractivity contribution is 6.30. The lowest BCUT2D eigenvalue weighted by molar-refractivity contribution is -0.274. The Bertz CT molecular complexity index is 1410. The van der Waals surface area contributed by atoms with E-state index < -0.39 is 12.4 Å². The van der Waals surface area contributed by atoms with E-state index in [-0.39, 0.29) is 17.1 Å². The maximum absolute atomic E-state index is 14.2. The Labute approximate surface area is 228 Å². The number of nitrogens with zero attached hydrogens (tertiary/aromatic N) is 2. The summed E-state index contributed by atoms with van der Waals surface area (Å²) < 4.78 is 48.5. The van der Waals surface area contributed by atoms with Crippen LogP contribution < -0.4 is 19.7 Å². The first kappa shape index (κ1) is 26.7. The van der Waals surface area contributed by atoms with Crippen molar-refractivity contribution in [1.29, 1.82) is 0 Å². The number of benzene rings is 3. The summed E-state index contributed by atoms with van der Waals surface area (Å²) >= 11 is 6.11. The van der Waals surface area contributed by atoms with Crippen LogP contribution in [0.3, 0.4) is 0 Å². The number of hydrogen-bond donors (Lipinski definition) is 1. The summed E-state index contributed by atoms with van der Waals surface area (Å²) in [6, 6.07) is 15.4. The van der Waals surface area contributed by atoms with Gasteiger partial charge < -0.3 is 24.5 Å². The topological polar surface area (TPSA) is 72.4 Å². The number of amides is 1. The number of methoxy groups -OCH3 is 1. The van der Waals surface area contributed by atoms with E-state index in [1.54, 1.807) is 53.4 Å². The van der Waals surface area contributed by atoms with E-state index in [0.29, 0.717) is 39.8 Å². The summed E-state index contributed by atoms with van der Waals surface area (Å²) in [5.41, 5.74) is 2.86. The second-order valence-electron chi connectivity index (χ2n) is 9.47. The highest BCUT2D eigenvalue weighted by atomic mass is 35.5. The summed E-state index contributed by atoms with van der Waals surface area (Å²) in [6.07, 6.45) is -1.65. The highest BCUT2D eigenvalue weighted by Gasteiger charge is 2.54. The molecule has 1 N–H and O–H groups in total. The lowest BCUT2D eigenvalue weighted by atomic mass is 9.99. The minimum atomic E-state index is -4.84. The third kappa shape index (κ3) is 5.75. The molecule has 204 valence electrons. The number of hydrogen-bond acceptors (Lipinski definition) is 6. The number of oxime groups is 1. The average Bonchev–Trinajstić information content (AvgIpc) is 3.61. The molecule has 1 atom stereocenters. The Morgan fingerprint density at radius 1 is 1.08 bits per heavy atom. The van der Waals surface area contributed by atoms with Crippen molar-refractivity contribution in [3.8, 4) is 11.5 Å². The van der Waals surface area contributed by atoms with Crippen molar-refractivity contribution in [3.05, 3.63) is 82.4 Å². The molecule has 39 heavy (non-hydrogen) atoms. The van der Waals surface area contributed by atoms with Crippen LogP contribution in [0.25, 0.3) is 0 Å². The van der Waals surface area contributed by atoms with E-state index in [1.807, 2.05) is 0 Å². The monoisotopic (exact) mass is 559 g/mol. The van der Waals surface area contributed by atoms with Crippen molar-refractivity contribution in [3.63, 3.8) is 0 Å². The smallest absolute Gasteiger partial charge is 0.497 e. The Morgan fingerprint density at radius 2 is 1.82 bits per heavy atom. The molecule has 1 fully saturated rings. The second kappa shape index (κ2) is 10.3. The molecule has 1 saturated carbocycles. The van der Waals surface area contributed by atoms with Gasteiger partial charge in [-0.3, -0.25) is 4.79 Å². The Kier molecular flexibility index (Phi) is 7.07. The van der Waals surface area contributed by atoms with Gasteiger partial charge >= 0.3 is 6.36 Å². The van der Waals surface area contributed by atoms with E-state index >= 15 is 0 Å². The van der Waals surface area contributed by atoms with Crippen LogP contribution in [0.15, 0.2) is 65.8 Å². The predicted molar refractivity (Wildman–Crippen MR) is 142 cm³/mol. The van der Waals surface area contributed by atoms with Gasteiger partial charge in [-0.2, -0.15) is 0 Å². The van der Waals surface area contributed by atoms with Crippen molar-refractivity contribution < 1.29 is 32.3 Å². The van der Waals surface area contributed by atoms with E-state index in [0.717, 1.165) is 18.4 Å². The minimum Gasteiger partial charge on any atom is -0.497 e. The van der Waals surface area contributed by atoms with Crippen LogP contribution in [-0.2, 0) is 15.0 Å². The molecule has 11 heteroatoms. The molecule has 7 nitrogen and oxygen atoms in total. The standard InChI is InChI=1S/C28H25ClF3N3O4/c1-37-22-12-17(15-33-38-2)11-20(13-22)34-25(18-3-5-19(29)6-4-18)26(36)35-16-27(9-10-27)23-8-7-21(14-24(23)35)39-28(30,31)32/h3-8,11-15,25,34H,9-10,16H2,1-2H3. The normalized spacial score (nSPS) is 16.2. The van der Waals surface area contributed by atoms with Gasteiger partial charge in [0, 0.05) is 40.4 Å². The maximum Gasteiger partial charge on any atom is 0.573 e. The van der Waals surface area contributed by atoms with Gasteiger partial charge in [-0.15, -0.1) is 13.2 Å². The molecule has 1 spiro atoms. The zero-order chi connectivity index (χ0) is 27.8. The molecule has 0 saturated heterocycles. The zero-order valence-corrected chi connectivity index (χ0v) is 21.8. The second-order valence-corrected chi connectivity index (χ2v) is 9.91. The van der Waals surface area contributed by atoms with E-state index in [4.69, 9.17) is 21.2 Å². The molecule has 1 aliphatic heterocycles. The molecule has 1 unspecified atom stereocenters. The maximum atomic E-state index is 14.2. The average molecular weight is 560 g/mol. The van der Waals surface area contributed by atoms with Gasteiger partial charge in [0.2, 0.25) is 0 Å². The number of carbonyl (C=O) groups is 1. The number of fused-ring (bicyclic) bond motifs is 2. The zero-order valence-electron chi connectivity index (χ0n) is 21.1. The van der Waals surface area contributed by atoms with Gasteiger partial charge in [0.05, 0.1) is 19.0 Å². The first-order valence-corrected chi connectivity index (χ1v) is 12.5. The van der Waals surface area contributed by atoms with E-state index in [1.165, 1.54) is 32.6 Å². The third-order valence-corrected chi connectivity index (χ3v) is 7.13. The van der Waals surface area contributed by atoms with Gasteiger partial charge in [0.15, 0.2) is 0 Å². The molecule has 0 aromatic heterocycles. The number of nitrogens with one attached hydrogen (secondary N) is 1. The van der Waals surface area contributed by atoms with Gasteiger partial charge in [0.1, 0.15) is 24.7 Å². The van der Waals surface area contributed by atoms with Crippen LogP contribution in [0.2, 0.25) is 5.02 Å². The molecule has 1 heterocycles. The molecule has 3 aromatic carbocycles. The summed E-state index contributed by atoms with van der Waals surface area (Å²) in [5, 5.41) is 7.58. The van der Waals surface area contributed by atoms with E-state index in [2.05, 4.69) is 15.2 Å². The summed E-state index contributed by atoms with van der Waals surface area (Å²) in [6.45, 7) is 0.367. The van der Waals surface area contributed by atoms with Crippen molar-refractivity contribution in [2.45, 2.75) is 30.7 Å². The summed E-state index contributed by atoms with van der Waals surface area (Å²) in [5.74, 6) is -0.179. The Hall–Kier alpha value is -3.92. The first-order valence-electron chi connectivity index (χ1n) is 12.1. The van der Waals surface area contributed by atoms with Crippen LogP contribution in [-0.4, -0.2) is 39.2 Å². The Morgan fingerprint density at radius 3 is 2.46 bits per heavy atom. The van der Waals surface area contributed by atoms with Crippen molar-refractivity contribution >= 4 is 35.1 Å². The molecule has 2 aliphatic rings. The molecule has 0 bridgehead atoms. The molecule has 5 rings (SSSR count). The Balaban J connectivity index is 1.53. The number of alkyl halides is 3. The minimum absolute atomic E-state index is 0.258. The molecule has 1 aliphatic carbocycles. The fraction of sp³-hybridized carbons (Fsp3) is 0.286. The molecule has 1 amide bonds. The van der Waals surface area contributed by atoms with Gasteiger partial charge in [-0.1, -0.05) is 35.0 Å². The van der Waals surface area contributed by atoms with Crippen molar-refractivity contribution in [1.82, 2.24) is 0 Å². The quantitative estimate of drug-likeness (QED) is 0.253. The molecule has 0 radical (unpaired) electrons. The van der Waals surface area contributed by atoms with Crippen LogP contribution >= 0.6 is 11.6 Å². The fourth-order valence-electron chi connectivity index (χ4n) is 4.91. The first-order chi connectivity index (χ1) is 18.6. The van der Waals surface area contributed by atoms with Gasteiger partial charge in [0.25, 0.3) is 5.91 Å². The number of anilines is 2. The lowest BCUT2D eigenvalue weighted by Crippen LogP contribution is -2.38. The van der Waals surface area contributed by atoms with Crippen LogP contribution in [0, 0.1) is 0 Å². The van der Waals surface area contributed by atoms with Crippen molar-refractivity contribution in [2.24, 2.45) is 5.16 Å². The molecular formula is C28H25ClF3N3O4. The van der Waals surface area contributed by atoms with Crippen LogP contribution in [0.5, 0.6) is 11.5 Å². The molecular weight excluding hydrogens is 535 g/mol. The number of carbonyl (C=O) groups excluding carboxylic acids is 1. The molecule has 3 aromatic rings. The SMILES string of the molecule is CON=Cc1cc(NC(C(=O)N2CC3(CC3)c3ccc(OC(F)(F)F)cc32)c2ccc(Cl)cc2)cc(OC)c1. The fourth-order valence-corrected chi connectivity index (χ4v) is 5.03. The van der Waals surface area contributed by atoms with Gasteiger partial charge in [-0.25, -0.2) is 0 Å². The van der Waals surface area contributed by atoms with Gasteiger partial charge in [-0.05, 0) is 54.3 Å². The number of halogens is 4. The van der Waals surface area contributed by atoms with Crippen LogP contribution in [0.1, 0.15) is 35.6 Å². The summed E-state index contributed by atoms with van der Waals surface area (Å²) in [7, 11) is 2.95. The largest absolute Gasteiger partial charge is 0.573 e. The van der Waals surface area contributed by atoms with Crippen LogP contribution in [0.4, 0.5) is 24.5 Å². The third-order valence-electron chi connectivity index (χ3n) is 6.88. The lowest BCUT2D eigenvalue weighted by Gasteiger charge is -2.27.